The minimum atomic E-state index is -0.158. The first-order valence-corrected chi connectivity index (χ1v) is 10.5. The number of amides is 2. The highest BCUT2D eigenvalue weighted by molar-refractivity contribution is 5.92. The van der Waals surface area contributed by atoms with Crippen LogP contribution in [0.4, 0.5) is 0 Å². The molecule has 2 amide bonds. The van der Waals surface area contributed by atoms with Gasteiger partial charge in [-0.15, -0.1) is 0 Å². The molecule has 0 unspecified atom stereocenters. The molecule has 0 bridgehead atoms. The molecule has 1 aliphatic heterocycles. The molecular formula is C22H32N6O2. The number of hydrogen-bond acceptors (Lipinski definition) is 5. The van der Waals surface area contributed by atoms with E-state index in [1.54, 1.807) is 16.9 Å². The van der Waals surface area contributed by atoms with E-state index in [4.69, 9.17) is 0 Å². The molecule has 0 spiro atoms. The molecule has 1 N–H and O–H groups in total. The van der Waals surface area contributed by atoms with Gasteiger partial charge in [-0.2, -0.15) is 5.10 Å². The molecule has 3 heterocycles. The maximum Gasteiger partial charge on any atom is 0.272 e. The van der Waals surface area contributed by atoms with Crippen molar-refractivity contribution in [3.05, 3.63) is 47.5 Å². The number of likely N-dealkylation sites (N-methyl/N-ethyl adjacent to an activating group) is 2. The van der Waals surface area contributed by atoms with Gasteiger partial charge in [0.15, 0.2) is 0 Å². The molecule has 0 aliphatic carbocycles. The quantitative estimate of drug-likeness (QED) is 0.772. The van der Waals surface area contributed by atoms with E-state index in [0.717, 1.165) is 37.2 Å². The van der Waals surface area contributed by atoms with Gasteiger partial charge in [0.25, 0.3) is 5.91 Å². The summed E-state index contributed by atoms with van der Waals surface area (Å²) in [5.41, 5.74) is 2.36. The second-order valence-electron chi connectivity index (χ2n) is 8.29. The van der Waals surface area contributed by atoms with Crippen molar-refractivity contribution in [2.75, 3.05) is 33.7 Å². The van der Waals surface area contributed by atoms with Gasteiger partial charge < -0.3 is 15.1 Å². The lowest BCUT2D eigenvalue weighted by Crippen LogP contribution is -2.42. The highest BCUT2D eigenvalue weighted by atomic mass is 16.2. The van der Waals surface area contributed by atoms with Crippen LogP contribution >= 0.6 is 0 Å². The number of nitrogens with zero attached hydrogens (tertiary/aromatic N) is 5. The van der Waals surface area contributed by atoms with Crippen molar-refractivity contribution in [3.63, 3.8) is 0 Å². The van der Waals surface area contributed by atoms with Gasteiger partial charge in [-0.25, -0.2) is 0 Å². The minimum absolute atomic E-state index is 0.00133. The number of carbonyl (C=O) groups excluding carboxylic acids is 2. The summed E-state index contributed by atoms with van der Waals surface area (Å²) >= 11 is 0. The van der Waals surface area contributed by atoms with E-state index in [-0.39, 0.29) is 23.8 Å². The second kappa shape index (κ2) is 9.84. The third kappa shape index (κ3) is 5.66. The van der Waals surface area contributed by atoms with E-state index >= 15 is 0 Å². The number of nitrogens with one attached hydrogen (secondary N) is 1. The van der Waals surface area contributed by atoms with Gasteiger partial charge in [0, 0.05) is 63.8 Å². The molecule has 30 heavy (non-hydrogen) atoms. The average molecular weight is 413 g/mol. The standard InChI is InChI=1S/C22H32N6O2/c1-16-13-20(25-28(16)4)21(29)24-19-9-8-17(14-26(2)15-19)22(30)27(3)12-10-18-7-5-6-11-23-18/h5-7,11,13,17,19H,8-10,12,14-15H2,1-4H3,(H,24,29)/t17-,19+/m1/s1. The van der Waals surface area contributed by atoms with E-state index in [9.17, 15) is 9.59 Å². The van der Waals surface area contributed by atoms with Crippen molar-refractivity contribution in [1.82, 2.24) is 29.9 Å². The SMILES string of the molecule is Cc1cc(C(=O)N[C@H]2CC[C@@H](C(=O)N(C)CCc3ccccn3)CN(C)C2)nn1C. The Morgan fingerprint density at radius 2 is 2.03 bits per heavy atom. The van der Waals surface area contributed by atoms with E-state index < -0.39 is 0 Å². The zero-order chi connectivity index (χ0) is 21.7. The topological polar surface area (TPSA) is 83.4 Å². The second-order valence-corrected chi connectivity index (χ2v) is 8.29. The maximum atomic E-state index is 13.0. The highest BCUT2D eigenvalue weighted by Crippen LogP contribution is 2.19. The number of hydrogen-bond donors (Lipinski definition) is 1. The Kier molecular flexibility index (Phi) is 7.20. The molecular weight excluding hydrogens is 380 g/mol. The molecule has 0 radical (unpaired) electrons. The van der Waals surface area contributed by atoms with Gasteiger partial charge >= 0.3 is 0 Å². The molecule has 3 rings (SSSR count). The molecule has 1 fully saturated rings. The normalized spacial score (nSPS) is 19.9. The van der Waals surface area contributed by atoms with Gasteiger partial charge in [0.05, 0.1) is 5.92 Å². The predicted octanol–water partition coefficient (Wildman–Crippen LogP) is 1.26. The minimum Gasteiger partial charge on any atom is -0.347 e. The summed E-state index contributed by atoms with van der Waals surface area (Å²) in [6.45, 7) is 3.99. The number of pyridine rings is 1. The molecule has 1 saturated heterocycles. The van der Waals surface area contributed by atoms with Gasteiger partial charge in [-0.1, -0.05) is 6.07 Å². The van der Waals surface area contributed by atoms with Crippen molar-refractivity contribution in [3.8, 4) is 0 Å². The molecule has 8 nitrogen and oxygen atoms in total. The number of aromatic nitrogens is 3. The lowest BCUT2D eigenvalue weighted by molar-refractivity contribution is -0.134. The van der Waals surface area contributed by atoms with E-state index in [1.165, 1.54) is 0 Å². The van der Waals surface area contributed by atoms with Crippen LogP contribution < -0.4 is 5.32 Å². The van der Waals surface area contributed by atoms with E-state index in [2.05, 4.69) is 20.3 Å². The largest absolute Gasteiger partial charge is 0.347 e. The van der Waals surface area contributed by atoms with Crippen molar-refractivity contribution >= 4 is 11.8 Å². The van der Waals surface area contributed by atoms with Gasteiger partial charge in [0.2, 0.25) is 5.91 Å². The zero-order valence-electron chi connectivity index (χ0n) is 18.3. The summed E-state index contributed by atoms with van der Waals surface area (Å²) in [4.78, 5) is 33.8. The fourth-order valence-electron chi connectivity index (χ4n) is 3.91. The average Bonchev–Trinajstić information content (AvgIpc) is 2.96. The van der Waals surface area contributed by atoms with Crippen LogP contribution in [0.1, 0.15) is 34.7 Å². The highest BCUT2D eigenvalue weighted by Gasteiger charge is 2.29. The summed E-state index contributed by atoms with van der Waals surface area (Å²) in [5, 5.41) is 7.35. The number of rotatable bonds is 6. The number of likely N-dealkylation sites (tertiary alicyclic amines) is 1. The molecule has 1 aliphatic rings. The Morgan fingerprint density at radius 1 is 1.23 bits per heavy atom. The molecule has 2 atom stereocenters. The fourth-order valence-corrected chi connectivity index (χ4v) is 3.91. The van der Waals surface area contributed by atoms with Gasteiger partial charge in [-0.05, 0) is 45.0 Å². The molecule has 2 aromatic heterocycles. The summed E-state index contributed by atoms with van der Waals surface area (Å²) in [6.07, 6.45) is 4.04. The Hall–Kier alpha value is -2.74. The van der Waals surface area contributed by atoms with Crippen molar-refractivity contribution in [2.24, 2.45) is 13.0 Å². The van der Waals surface area contributed by atoms with Crippen molar-refractivity contribution < 1.29 is 9.59 Å². The first-order valence-electron chi connectivity index (χ1n) is 10.5. The molecule has 162 valence electrons. The predicted molar refractivity (Wildman–Crippen MR) is 115 cm³/mol. The van der Waals surface area contributed by atoms with Crippen LogP contribution in [0.15, 0.2) is 30.5 Å². The maximum absolute atomic E-state index is 13.0. The van der Waals surface area contributed by atoms with Crippen molar-refractivity contribution in [1.29, 1.82) is 0 Å². The zero-order valence-corrected chi connectivity index (χ0v) is 18.3. The van der Waals surface area contributed by atoms with Crippen LogP contribution in [0.2, 0.25) is 0 Å². The lowest BCUT2D eigenvalue weighted by Gasteiger charge is -2.25. The van der Waals surface area contributed by atoms with E-state index in [1.807, 2.05) is 51.2 Å². The third-order valence-corrected chi connectivity index (χ3v) is 5.76. The summed E-state index contributed by atoms with van der Waals surface area (Å²) in [7, 11) is 5.69. The Morgan fingerprint density at radius 3 is 2.70 bits per heavy atom. The summed E-state index contributed by atoms with van der Waals surface area (Å²) < 4.78 is 1.70. The van der Waals surface area contributed by atoms with E-state index in [0.29, 0.717) is 18.8 Å². The monoisotopic (exact) mass is 412 g/mol. The number of carbonyl (C=O) groups is 2. The third-order valence-electron chi connectivity index (χ3n) is 5.76. The lowest BCUT2D eigenvalue weighted by atomic mass is 10.00. The Bertz CT molecular complexity index is 846. The Labute approximate surface area is 178 Å². The van der Waals surface area contributed by atoms with Crippen LogP contribution in [-0.2, 0) is 18.3 Å². The fraction of sp³-hybridized carbons (Fsp3) is 0.545. The van der Waals surface area contributed by atoms with Crippen LogP contribution in [0.5, 0.6) is 0 Å². The van der Waals surface area contributed by atoms with Crippen LogP contribution in [0, 0.1) is 12.8 Å². The Balaban J connectivity index is 1.53. The first kappa shape index (κ1) is 22.0. The van der Waals surface area contributed by atoms with Crippen LogP contribution in [0.25, 0.3) is 0 Å². The van der Waals surface area contributed by atoms with Crippen LogP contribution in [-0.4, -0.2) is 76.2 Å². The molecule has 0 saturated carbocycles. The molecule has 0 aromatic carbocycles. The van der Waals surface area contributed by atoms with Crippen molar-refractivity contribution in [2.45, 2.75) is 32.2 Å². The number of aryl methyl sites for hydroxylation is 2. The van der Waals surface area contributed by atoms with Gasteiger partial charge in [-0.3, -0.25) is 19.3 Å². The van der Waals surface area contributed by atoms with Gasteiger partial charge in [0.1, 0.15) is 5.69 Å². The molecule has 8 heteroatoms. The summed E-state index contributed by atoms with van der Waals surface area (Å²) in [5.74, 6) is -0.0674. The smallest absolute Gasteiger partial charge is 0.272 e. The van der Waals surface area contributed by atoms with Crippen LogP contribution in [0.3, 0.4) is 0 Å². The first-order chi connectivity index (χ1) is 14.3. The molecule has 2 aromatic rings. The summed E-state index contributed by atoms with van der Waals surface area (Å²) in [6, 6.07) is 7.63.